The van der Waals surface area contributed by atoms with Crippen LogP contribution in [-0.2, 0) is 28.6 Å². The lowest BCUT2D eigenvalue weighted by Gasteiger charge is -2.06. The quantitative estimate of drug-likeness (QED) is 0.554. The van der Waals surface area contributed by atoms with Crippen molar-refractivity contribution in [2.24, 2.45) is 0 Å². The minimum atomic E-state index is -0.211. The zero-order valence-electron chi connectivity index (χ0n) is 18.1. The molecular weight excluding hydrogens is 340 g/mol. The van der Waals surface area contributed by atoms with E-state index in [1.54, 1.807) is 27.7 Å². The van der Waals surface area contributed by atoms with Crippen molar-refractivity contribution in [2.45, 2.75) is 93.8 Å². The Labute approximate surface area is 159 Å². The van der Waals surface area contributed by atoms with E-state index in [-0.39, 0.29) is 30.1 Å². The van der Waals surface area contributed by atoms with Crippen molar-refractivity contribution in [1.82, 2.24) is 0 Å². The predicted octanol–water partition coefficient (Wildman–Crippen LogP) is 3.65. The van der Waals surface area contributed by atoms with Gasteiger partial charge < -0.3 is 19.3 Å². The molecule has 0 radical (unpaired) electrons. The van der Waals surface area contributed by atoms with Gasteiger partial charge in [-0.05, 0) is 40.5 Å². The zero-order valence-corrected chi connectivity index (χ0v) is 18.1. The maximum Gasteiger partial charge on any atom is 0.305 e. The first kappa shape index (κ1) is 32.1. The maximum atomic E-state index is 10.2. The number of ether oxygens (including phenoxy) is 3. The second-order valence-corrected chi connectivity index (χ2v) is 5.17. The average Bonchev–Trinajstić information content (AvgIpc) is 2.55. The van der Waals surface area contributed by atoms with E-state index in [0.717, 1.165) is 12.8 Å². The third kappa shape index (κ3) is 49.5. The van der Waals surface area contributed by atoms with Crippen LogP contribution in [0.5, 0.6) is 0 Å². The van der Waals surface area contributed by atoms with Gasteiger partial charge in [-0.25, -0.2) is 0 Å². The number of aliphatic hydroxyl groups excluding tert-OH is 1. The van der Waals surface area contributed by atoms with Crippen LogP contribution in [0.25, 0.3) is 0 Å². The highest BCUT2D eigenvalue weighted by Crippen LogP contribution is 1.94. The molecule has 0 heterocycles. The van der Waals surface area contributed by atoms with Gasteiger partial charge in [-0.15, -0.1) is 0 Å². The standard InChI is InChI=1S/C6H12O2.C5H10O2.C4H8O2.C4H10O/c1-4-5(2)8-6(3)7;1-3-5(6)7-4-2;1-3-6-4(2)5;1-3-4(2)5/h5H,4H2,1-3H3;3-4H2,1-2H3;3H2,1-2H3;4-5H,3H2,1-2H3. The van der Waals surface area contributed by atoms with Gasteiger partial charge in [0.1, 0.15) is 0 Å². The van der Waals surface area contributed by atoms with Crippen LogP contribution in [0.1, 0.15) is 81.6 Å². The predicted molar refractivity (Wildman–Crippen MR) is 103 cm³/mol. The molecule has 0 amide bonds. The Kier molecular flexibility index (Phi) is 31.6. The fourth-order valence-corrected chi connectivity index (χ4v) is 0.833. The molecule has 7 nitrogen and oxygen atoms in total. The summed E-state index contributed by atoms with van der Waals surface area (Å²) in [6, 6.07) is 0. The molecule has 0 aliphatic rings. The molecule has 2 unspecified atom stereocenters. The lowest BCUT2D eigenvalue weighted by Crippen LogP contribution is -2.09. The molecule has 0 bridgehead atoms. The summed E-state index contributed by atoms with van der Waals surface area (Å²) in [7, 11) is 0. The summed E-state index contributed by atoms with van der Waals surface area (Å²) in [5.74, 6) is -0.528. The molecule has 7 heteroatoms. The van der Waals surface area contributed by atoms with Gasteiger partial charge in [0, 0.05) is 20.3 Å². The maximum absolute atomic E-state index is 10.2. The highest BCUT2D eigenvalue weighted by Gasteiger charge is 1.99. The third-order valence-electron chi connectivity index (χ3n) is 2.47. The second-order valence-electron chi connectivity index (χ2n) is 5.17. The monoisotopic (exact) mass is 380 g/mol. The van der Waals surface area contributed by atoms with Crippen molar-refractivity contribution < 1.29 is 33.7 Å². The van der Waals surface area contributed by atoms with Crippen molar-refractivity contribution in [1.29, 1.82) is 0 Å². The van der Waals surface area contributed by atoms with Crippen molar-refractivity contribution in [3.63, 3.8) is 0 Å². The van der Waals surface area contributed by atoms with Crippen LogP contribution in [0, 0.1) is 0 Å². The zero-order chi connectivity index (χ0) is 21.5. The summed E-state index contributed by atoms with van der Waals surface area (Å²) >= 11 is 0. The molecule has 158 valence electrons. The number of rotatable bonds is 6. The number of hydrogen-bond donors (Lipinski definition) is 1. The Morgan fingerprint density at radius 1 is 0.808 bits per heavy atom. The Morgan fingerprint density at radius 3 is 1.31 bits per heavy atom. The molecule has 0 aromatic heterocycles. The molecule has 26 heavy (non-hydrogen) atoms. The molecule has 1 N–H and O–H groups in total. The highest BCUT2D eigenvalue weighted by atomic mass is 16.5. The van der Waals surface area contributed by atoms with E-state index >= 15 is 0 Å². The Bertz CT molecular complexity index is 328. The first-order valence-corrected chi connectivity index (χ1v) is 9.16. The number of aliphatic hydroxyl groups is 1. The molecule has 0 saturated heterocycles. The second kappa shape index (κ2) is 25.6. The van der Waals surface area contributed by atoms with E-state index in [9.17, 15) is 14.4 Å². The molecule has 0 aliphatic carbocycles. The molecule has 0 aromatic rings. The molecule has 0 aliphatic heterocycles. The molecule has 0 spiro atoms. The van der Waals surface area contributed by atoms with Gasteiger partial charge in [-0.2, -0.15) is 0 Å². The highest BCUT2D eigenvalue weighted by molar-refractivity contribution is 5.68. The summed E-state index contributed by atoms with van der Waals surface area (Å²) < 4.78 is 13.7. The first-order chi connectivity index (χ1) is 12.0. The van der Waals surface area contributed by atoms with Crippen LogP contribution in [0.3, 0.4) is 0 Å². The van der Waals surface area contributed by atoms with E-state index in [2.05, 4.69) is 9.47 Å². The minimum Gasteiger partial charge on any atom is -0.466 e. The van der Waals surface area contributed by atoms with E-state index in [0.29, 0.717) is 19.6 Å². The van der Waals surface area contributed by atoms with Gasteiger partial charge >= 0.3 is 17.9 Å². The van der Waals surface area contributed by atoms with Gasteiger partial charge in [-0.1, -0.05) is 20.8 Å². The van der Waals surface area contributed by atoms with Crippen LogP contribution in [0.4, 0.5) is 0 Å². The minimum absolute atomic E-state index is 0.0764. The number of carbonyl (C=O) groups excluding carboxylic acids is 3. The van der Waals surface area contributed by atoms with Gasteiger partial charge in [0.15, 0.2) is 0 Å². The molecule has 2 atom stereocenters. The smallest absolute Gasteiger partial charge is 0.305 e. The Morgan fingerprint density at radius 2 is 1.23 bits per heavy atom. The van der Waals surface area contributed by atoms with Gasteiger partial charge in [0.2, 0.25) is 0 Å². The molecule has 0 saturated carbocycles. The fourth-order valence-electron chi connectivity index (χ4n) is 0.833. The summed E-state index contributed by atoms with van der Waals surface area (Å²) in [4.78, 5) is 30.2. The number of carbonyl (C=O) groups is 3. The largest absolute Gasteiger partial charge is 0.466 e. The summed E-state index contributed by atoms with van der Waals surface area (Å²) in [6.07, 6.45) is 2.19. The number of esters is 3. The lowest BCUT2D eigenvalue weighted by molar-refractivity contribution is -0.145. The molecular formula is C19H40O7. The van der Waals surface area contributed by atoms with E-state index in [1.165, 1.54) is 13.8 Å². The van der Waals surface area contributed by atoms with E-state index in [4.69, 9.17) is 9.84 Å². The molecule has 0 rings (SSSR count). The summed E-state index contributed by atoms with van der Waals surface area (Å²) in [5, 5.41) is 8.36. The lowest BCUT2D eigenvalue weighted by atomic mass is 10.3. The Balaban J connectivity index is -0.000000126. The summed E-state index contributed by atoms with van der Waals surface area (Å²) in [5.41, 5.74) is 0. The normalized spacial score (nSPS) is 10.8. The first-order valence-electron chi connectivity index (χ1n) is 9.16. The fraction of sp³-hybridized carbons (Fsp3) is 0.842. The van der Waals surface area contributed by atoms with Crippen LogP contribution in [0.2, 0.25) is 0 Å². The van der Waals surface area contributed by atoms with Crippen LogP contribution in [-0.4, -0.2) is 48.4 Å². The van der Waals surface area contributed by atoms with Crippen molar-refractivity contribution in [3.05, 3.63) is 0 Å². The Hall–Kier alpha value is -1.63. The van der Waals surface area contributed by atoms with Crippen LogP contribution >= 0.6 is 0 Å². The van der Waals surface area contributed by atoms with Gasteiger partial charge in [-0.3, -0.25) is 14.4 Å². The van der Waals surface area contributed by atoms with Crippen molar-refractivity contribution in [2.75, 3.05) is 13.2 Å². The van der Waals surface area contributed by atoms with E-state index in [1.807, 2.05) is 20.8 Å². The molecule has 0 aromatic carbocycles. The topological polar surface area (TPSA) is 99.1 Å². The van der Waals surface area contributed by atoms with Crippen LogP contribution in [0.15, 0.2) is 0 Å². The third-order valence-corrected chi connectivity index (χ3v) is 2.47. The van der Waals surface area contributed by atoms with Crippen molar-refractivity contribution >= 4 is 17.9 Å². The number of hydrogen-bond acceptors (Lipinski definition) is 7. The SMILES string of the molecule is CCC(C)O.CCC(C)OC(C)=O.CCOC(=O)CC.CCOC(C)=O. The van der Waals surface area contributed by atoms with E-state index < -0.39 is 0 Å². The van der Waals surface area contributed by atoms with Gasteiger partial charge in [0.25, 0.3) is 0 Å². The van der Waals surface area contributed by atoms with Gasteiger partial charge in [0.05, 0.1) is 25.4 Å². The average molecular weight is 381 g/mol. The molecule has 0 fully saturated rings. The summed E-state index contributed by atoms with van der Waals surface area (Å²) in [6.45, 7) is 16.7. The van der Waals surface area contributed by atoms with Crippen LogP contribution < -0.4 is 0 Å². The van der Waals surface area contributed by atoms with Crippen molar-refractivity contribution in [3.8, 4) is 0 Å².